The van der Waals surface area contributed by atoms with Crippen LogP contribution in [0.3, 0.4) is 0 Å². The number of rotatable bonds is 4. The lowest BCUT2D eigenvalue weighted by atomic mass is 10.0. The average Bonchev–Trinajstić information content (AvgIpc) is 2.97. The van der Waals surface area contributed by atoms with Gasteiger partial charge in [0.15, 0.2) is 0 Å². The molecule has 0 bridgehead atoms. The Hall–Kier alpha value is -3.27. The highest BCUT2D eigenvalue weighted by Gasteiger charge is 2.42. The molecule has 0 radical (unpaired) electrons. The smallest absolute Gasteiger partial charge is 0.381 e. The molecule has 5 nitrogen and oxygen atoms in total. The Kier molecular flexibility index (Phi) is 4.66. The minimum Gasteiger partial charge on any atom is -0.464 e. The highest BCUT2D eigenvalue weighted by atomic mass is 19.3. The Morgan fingerprint density at radius 1 is 1.30 bits per heavy atom. The number of fused-ring (bicyclic) bond motifs is 1. The number of aryl methyl sites for hydroxylation is 2. The predicted molar refractivity (Wildman–Crippen MR) is 95.4 cm³/mol. The minimum atomic E-state index is -3.76. The number of carbonyl (C=O) groups excluding carboxylic acids is 1. The first-order valence-corrected chi connectivity index (χ1v) is 8.22. The fourth-order valence-electron chi connectivity index (χ4n) is 3.07. The van der Waals surface area contributed by atoms with Gasteiger partial charge in [-0.25, -0.2) is 4.79 Å². The van der Waals surface area contributed by atoms with E-state index in [9.17, 15) is 18.8 Å². The molecule has 1 heterocycles. The molecule has 0 atom stereocenters. The molecule has 3 aromatic rings. The molecule has 1 aromatic heterocycles. The maximum absolute atomic E-state index is 14.3. The summed E-state index contributed by atoms with van der Waals surface area (Å²) in [6.07, 6.45) is 0. The number of nitriles is 1. The number of nitrogens with zero attached hydrogens (tertiary/aromatic N) is 3. The maximum atomic E-state index is 14.3. The SMILES string of the molecule is COC(=O)C(F)(F)c1ccc2c(C)nn(Cc3c(C)cccc3C#N)c2c1. The van der Waals surface area contributed by atoms with E-state index in [2.05, 4.69) is 15.9 Å². The van der Waals surface area contributed by atoms with E-state index >= 15 is 0 Å². The van der Waals surface area contributed by atoms with E-state index < -0.39 is 17.5 Å². The van der Waals surface area contributed by atoms with Crippen molar-refractivity contribution in [2.24, 2.45) is 0 Å². The van der Waals surface area contributed by atoms with Crippen molar-refractivity contribution >= 4 is 16.9 Å². The van der Waals surface area contributed by atoms with Crippen molar-refractivity contribution in [3.8, 4) is 6.07 Å². The lowest BCUT2D eigenvalue weighted by Gasteiger charge is -2.14. The van der Waals surface area contributed by atoms with E-state index in [1.165, 1.54) is 18.2 Å². The van der Waals surface area contributed by atoms with Crippen LogP contribution in [-0.4, -0.2) is 22.9 Å². The van der Waals surface area contributed by atoms with Gasteiger partial charge in [-0.3, -0.25) is 4.68 Å². The number of alkyl halides is 2. The van der Waals surface area contributed by atoms with E-state index in [-0.39, 0.29) is 6.54 Å². The van der Waals surface area contributed by atoms with E-state index in [0.29, 0.717) is 22.2 Å². The van der Waals surface area contributed by atoms with Crippen LogP contribution in [0.25, 0.3) is 10.9 Å². The number of hydrogen-bond acceptors (Lipinski definition) is 4. The van der Waals surface area contributed by atoms with Crippen molar-refractivity contribution in [2.75, 3.05) is 7.11 Å². The second-order valence-electron chi connectivity index (χ2n) is 6.25. The molecule has 7 heteroatoms. The monoisotopic (exact) mass is 369 g/mol. The quantitative estimate of drug-likeness (QED) is 0.656. The summed E-state index contributed by atoms with van der Waals surface area (Å²) in [5, 5.41) is 14.5. The Morgan fingerprint density at radius 2 is 2.04 bits per heavy atom. The number of aromatic nitrogens is 2. The Labute approximate surface area is 154 Å². The average molecular weight is 369 g/mol. The topological polar surface area (TPSA) is 67.9 Å². The lowest BCUT2D eigenvalue weighted by molar-refractivity contribution is -0.170. The van der Waals surface area contributed by atoms with Crippen molar-refractivity contribution in [2.45, 2.75) is 26.3 Å². The summed E-state index contributed by atoms with van der Waals surface area (Å²) in [5.74, 6) is -5.37. The van der Waals surface area contributed by atoms with Gasteiger partial charge in [-0.1, -0.05) is 24.3 Å². The second-order valence-corrected chi connectivity index (χ2v) is 6.25. The fourth-order valence-corrected chi connectivity index (χ4v) is 3.07. The summed E-state index contributed by atoms with van der Waals surface area (Å²) in [4.78, 5) is 11.4. The third-order valence-electron chi connectivity index (χ3n) is 4.58. The van der Waals surface area contributed by atoms with Crippen LogP contribution in [-0.2, 0) is 22.0 Å². The zero-order valence-corrected chi connectivity index (χ0v) is 15.1. The normalized spacial score (nSPS) is 11.4. The molecule has 27 heavy (non-hydrogen) atoms. The number of hydrogen-bond donors (Lipinski definition) is 0. The van der Waals surface area contributed by atoms with Crippen molar-refractivity contribution in [1.29, 1.82) is 5.26 Å². The van der Waals surface area contributed by atoms with Gasteiger partial charge >= 0.3 is 11.9 Å². The minimum absolute atomic E-state index is 0.257. The molecule has 0 saturated heterocycles. The number of benzene rings is 2. The van der Waals surface area contributed by atoms with Gasteiger partial charge in [0.05, 0.1) is 36.5 Å². The van der Waals surface area contributed by atoms with Crippen LogP contribution in [0, 0.1) is 25.2 Å². The molecule has 3 rings (SSSR count). The van der Waals surface area contributed by atoms with Crippen molar-refractivity contribution in [1.82, 2.24) is 9.78 Å². The summed E-state index contributed by atoms with van der Waals surface area (Å²) in [6.45, 7) is 3.92. The highest BCUT2D eigenvalue weighted by Crippen LogP contribution is 2.32. The molecule has 2 aromatic carbocycles. The molecule has 0 fully saturated rings. The maximum Gasteiger partial charge on any atom is 0.381 e. The van der Waals surface area contributed by atoms with Gasteiger partial charge < -0.3 is 4.74 Å². The van der Waals surface area contributed by atoms with Gasteiger partial charge in [0.2, 0.25) is 0 Å². The van der Waals surface area contributed by atoms with Gasteiger partial charge in [-0.2, -0.15) is 19.1 Å². The standard InChI is InChI=1S/C20H17F2N3O2/c1-12-5-4-6-14(10-23)17(12)11-25-18-9-15(20(21,22)19(26)27-3)7-8-16(18)13(2)24-25/h4-9H,11H2,1-3H3. The number of halogens is 2. The molecule has 0 aliphatic heterocycles. The first-order chi connectivity index (χ1) is 12.8. The van der Waals surface area contributed by atoms with Crippen LogP contribution < -0.4 is 0 Å². The van der Waals surface area contributed by atoms with E-state index in [0.717, 1.165) is 18.2 Å². The molecule has 0 unspecified atom stereocenters. The number of esters is 1. The molecule has 0 aliphatic rings. The van der Waals surface area contributed by atoms with Crippen LogP contribution in [0.2, 0.25) is 0 Å². The molecule has 0 amide bonds. The third kappa shape index (κ3) is 3.14. The first kappa shape index (κ1) is 18.5. The van der Waals surface area contributed by atoms with E-state index in [1.54, 1.807) is 23.7 Å². The lowest BCUT2D eigenvalue weighted by Crippen LogP contribution is -2.27. The van der Waals surface area contributed by atoms with Crippen molar-refractivity contribution in [3.63, 3.8) is 0 Å². The second kappa shape index (κ2) is 6.80. The van der Waals surface area contributed by atoms with Gasteiger partial charge in [0.1, 0.15) is 0 Å². The van der Waals surface area contributed by atoms with Gasteiger partial charge in [-0.05, 0) is 37.1 Å². The number of carbonyl (C=O) groups is 1. The summed E-state index contributed by atoms with van der Waals surface area (Å²) >= 11 is 0. The summed E-state index contributed by atoms with van der Waals surface area (Å²) in [5.41, 5.74) is 2.85. The van der Waals surface area contributed by atoms with Crippen LogP contribution in [0.1, 0.15) is 27.9 Å². The third-order valence-corrected chi connectivity index (χ3v) is 4.58. The molecule has 0 aliphatic carbocycles. The molecule has 138 valence electrons. The fraction of sp³-hybridized carbons (Fsp3) is 0.250. The summed E-state index contributed by atoms with van der Waals surface area (Å²) in [7, 11) is 0.921. The van der Waals surface area contributed by atoms with Crippen LogP contribution in [0.5, 0.6) is 0 Å². The van der Waals surface area contributed by atoms with Crippen molar-refractivity contribution < 1.29 is 18.3 Å². The Bertz CT molecular complexity index is 1080. The van der Waals surface area contributed by atoms with Crippen molar-refractivity contribution in [3.05, 3.63) is 64.3 Å². The first-order valence-electron chi connectivity index (χ1n) is 8.22. The van der Waals surface area contributed by atoms with Crippen LogP contribution >= 0.6 is 0 Å². The molecule has 0 spiro atoms. The predicted octanol–water partition coefficient (Wildman–Crippen LogP) is 3.84. The summed E-state index contributed by atoms with van der Waals surface area (Å²) < 4.78 is 34.3. The van der Waals surface area contributed by atoms with E-state index in [4.69, 9.17) is 0 Å². The molecular formula is C20H17F2N3O2. The largest absolute Gasteiger partial charge is 0.464 e. The Balaban J connectivity index is 2.14. The molecule has 0 N–H and O–H groups in total. The number of methoxy groups -OCH3 is 1. The molecule has 0 saturated carbocycles. The van der Waals surface area contributed by atoms with Crippen LogP contribution in [0.4, 0.5) is 8.78 Å². The van der Waals surface area contributed by atoms with Gasteiger partial charge in [-0.15, -0.1) is 0 Å². The number of ether oxygens (including phenoxy) is 1. The zero-order valence-electron chi connectivity index (χ0n) is 15.1. The molecular weight excluding hydrogens is 352 g/mol. The van der Waals surface area contributed by atoms with Crippen LogP contribution in [0.15, 0.2) is 36.4 Å². The van der Waals surface area contributed by atoms with E-state index in [1.807, 2.05) is 13.0 Å². The Morgan fingerprint density at radius 3 is 2.70 bits per heavy atom. The van der Waals surface area contributed by atoms with Gasteiger partial charge in [0, 0.05) is 10.9 Å². The zero-order chi connectivity index (χ0) is 19.8. The highest BCUT2D eigenvalue weighted by molar-refractivity contribution is 5.86. The van der Waals surface area contributed by atoms with Gasteiger partial charge in [0.25, 0.3) is 0 Å². The summed E-state index contributed by atoms with van der Waals surface area (Å²) in [6, 6.07) is 11.5.